The Morgan fingerprint density at radius 1 is 1.41 bits per heavy atom. The summed E-state index contributed by atoms with van der Waals surface area (Å²) in [6, 6.07) is 6.36. The molecule has 1 amide bonds. The molecular formula is C15H14FN3O2S. The quantitative estimate of drug-likeness (QED) is 0.870. The minimum Gasteiger partial charge on any atom is -0.496 e. The van der Waals surface area contributed by atoms with Gasteiger partial charge in [0.15, 0.2) is 0 Å². The lowest BCUT2D eigenvalue weighted by molar-refractivity contribution is -0.115. The number of thioether (sulfide) groups is 1. The number of benzene rings is 1. The van der Waals surface area contributed by atoms with Crippen molar-refractivity contribution in [3.63, 3.8) is 0 Å². The fourth-order valence-corrected chi connectivity index (χ4v) is 3.54. The Kier molecular flexibility index (Phi) is 3.98. The third-order valence-electron chi connectivity index (χ3n) is 3.35. The molecule has 3 rings (SSSR count). The monoisotopic (exact) mass is 319 g/mol. The van der Waals surface area contributed by atoms with Crippen molar-refractivity contribution in [1.82, 2.24) is 9.97 Å². The van der Waals surface area contributed by atoms with Crippen molar-refractivity contribution >= 4 is 23.6 Å². The van der Waals surface area contributed by atoms with Crippen LogP contribution in [0, 0.1) is 12.7 Å². The number of ether oxygens (including phenoxy) is 1. The minimum atomic E-state index is -0.537. The van der Waals surface area contributed by atoms with Gasteiger partial charge < -0.3 is 4.74 Å². The van der Waals surface area contributed by atoms with Gasteiger partial charge in [0.2, 0.25) is 11.9 Å². The first kappa shape index (κ1) is 14.8. The van der Waals surface area contributed by atoms with Crippen LogP contribution in [-0.4, -0.2) is 28.7 Å². The molecule has 5 nitrogen and oxygen atoms in total. The van der Waals surface area contributed by atoms with Gasteiger partial charge in [-0.2, -0.15) is 0 Å². The molecule has 7 heteroatoms. The van der Waals surface area contributed by atoms with Crippen LogP contribution >= 0.6 is 11.8 Å². The fraction of sp³-hybridized carbons (Fsp3) is 0.267. The number of carbonyl (C=O) groups excluding carboxylic acids is 1. The molecule has 0 saturated carbocycles. The summed E-state index contributed by atoms with van der Waals surface area (Å²) >= 11 is 1.33. The van der Waals surface area contributed by atoms with E-state index in [1.807, 2.05) is 6.92 Å². The molecule has 0 spiro atoms. The lowest BCUT2D eigenvalue weighted by Gasteiger charge is -2.24. The highest BCUT2D eigenvalue weighted by Crippen LogP contribution is 2.44. The highest BCUT2D eigenvalue weighted by atomic mass is 32.2. The van der Waals surface area contributed by atoms with Crippen LogP contribution in [-0.2, 0) is 4.79 Å². The molecule has 1 unspecified atom stereocenters. The third-order valence-corrected chi connectivity index (χ3v) is 4.52. The van der Waals surface area contributed by atoms with Crippen LogP contribution in [0.3, 0.4) is 0 Å². The first-order valence-corrected chi connectivity index (χ1v) is 7.72. The molecule has 1 aromatic carbocycles. The van der Waals surface area contributed by atoms with Gasteiger partial charge in [0, 0.05) is 11.9 Å². The number of aromatic nitrogens is 2. The number of rotatable bonds is 3. The summed E-state index contributed by atoms with van der Waals surface area (Å²) < 4.78 is 19.6. The maximum atomic E-state index is 14.3. The molecule has 22 heavy (non-hydrogen) atoms. The number of methoxy groups -OCH3 is 1. The second-order valence-electron chi connectivity index (χ2n) is 4.78. The number of carbonyl (C=O) groups is 1. The van der Waals surface area contributed by atoms with E-state index in [1.54, 1.807) is 24.4 Å². The van der Waals surface area contributed by atoms with Crippen LogP contribution < -0.4 is 9.64 Å². The average Bonchev–Trinajstić information content (AvgIpc) is 2.88. The highest BCUT2D eigenvalue weighted by molar-refractivity contribution is 8.00. The van der Waals surface area contributed by atoms with E-state index in [2.05, 4.69) is 9.97 Å². The van der Waals surface area contributed by atoms with Gasteiger partial charge in [-0.25, -0.2) is 14.4 Å². The van der Waals surface area contributed by atoms with Gasteiger partial charge in [-0.15, -0.1) is 11.8 Å². The summed E-state index contributed by atoms with van der Waals surface area (Å²) in [6.45, 7) is 1.82. The molecular weight excluding hydrogens is 305 g/mol. The van der Waals surface area contributed by atoms with Gasteiger partial charge in [0.1, 0.15) is 16.9 Å². The zero-order valence-electron chi connectivity index (χ0n) is 12.1. The first-order chi connectivity index (χ1) is 10.6. The van der Waals surface area contributed by atoms with E-state index in [1.165, 1.54) is 29.8 Å². The van der Waals surface area contributed by atoms with Crippen LogP contribution in [0.15, 0.2) is 30.5 Å². The second-order valence-corrected chi connectivity index (χ2v) is 5.85. The van der Waals surface area contributed by atoms with Crippen molar-refractivity contribution in [3.05, 3.63) is 47.5 Å². The first-order valence-electron chi connectivity index (χ1n) is 6.67. The Morgan fingerprint density at radius 2 is 2.23 bits per heavy atom. The van der Waals surface area contributed by atoms with Crippen molar-refractivity contribution in [1.29, 1.82) is 0 Å². The smallest absolute Gasteiger partial charge is 0.240 e. The Bertz CT molecular complexity index is 726. The van der Waals surface area contributed by atoms with Gasteiger partial charge in [0.05, 0.1) is 18.4 Å². The molecule has 0 aliphatic carbocycles. The van der Waals surface area contributed by atoms with Crippen molar-refractivity contribution in [2.24, 2.45) is 0 Å². The number of hydrogen-bond acceptors (Lipinski definition) is 5. The number of halogens is 1. The molecule has 114 valence electrons. The molecule has 1 aromatic heterocycles. The zero-order chi connectivity index (χ0) is 15.7. The molecule has 1 aliphatic heterocycles. The number of nitrogens with zero attached hydrogens (tertiary/aromatic N) is 3. The summed E-state index contributed by atoms with van der Waals surface area (Å²) in [5, 5.41) is -0.537. The highest BCUT2D eigenvalue weighted by Gasteiger charge is 2.38. The van der Waals surface area contributed by atoms with Gasteiger partial charge in [-0.05, 0) is 25.1 Å². The van der Waals surface area contributed by atoms with Crippen LogP contribution in [0.4, 0.5) is 10.3 Å². The van der Waals surface area contributed by atoms with Crippen LogP contribution in [0.25, 0.3) is 0 Å². The summed E-state index contributed by atoms with van der Waals surface area (Å²) in [7, 11) is 1.48. The summed E-state index contributed by atoms with van der Waals surface area (Å²) in [6.07, 6.45) is 1.59. The normalized spacial score (nSPS) is 17.9. The van der Waals surface area contributed by atoms with Crippen LogP contribution in [0.2, 0.25) is 0 Å². The van der Waals surface area contributed by atoms with E-state index < -0.39 is 11.2 Å². The van der Waals surface area contributed by atoms with Gasteiger partial charge in [-0.3, -0.25) is 9.69 Å². The average molecular weight is 319 g/mol. The Hall–Kier alpha value is -2.15. The SMILES string of the molecule is COc1cccc(F)c1C1SCC(=O)N1c1nccc(C)n1. The molecule has 1 saturated heterocycles. The summed E-state index contributed by atoms with van der Waals surface area (Å²) in [4.78, 5) is 22.1. The molecule has 2 aromatic rings. The zero-order valence-corrected chi connectivity index (χ0v) is 12.9. The minimum absolute atomic E-state index is 0.147. The topological polar surface area (TPSA) is 55.3 Å². The Morgan fingerprint density at radius 3 is 2.95 bits per heavy atom. The van der Waals surface area contributed by atoms with Crippen molar-refractivity contribution in [2.45, 2.75) is 12.3 Å². The van der Waals surface area contributed by atoms with Crippen molar-refractivity contribution < 1.29 is 13.9 Å². The van der Waals surface area contributed by atoms with Crippen molar-refractivity contribution in [3.8, 4) is 5.75 Å². The molecule has 0 bridgehead atoms. The van der Waals surface area contributed by atoms with E-state index >= 15 is 0 Å². The molecule has 1 atom stereocenters. The molecule has 2 heterocycles. The standard InChI is InChI=1S/C15H14FN3O2S/c1-9-6-7-17-15(18-9)19-12(20)8-22-14(19)13-10(16)4-3-5-11(13)21-2/h3-7,14H,8H2,1-2H3. The number of anilines is 1. The van der Waals surface area contributed by atoms with E-state index in [0.29, 0.717) is 11.3 Å². The summed E-state index contributed by atoms with van der Waals surface area (Å²) in [5.74, 6) is 0.379. The van der Waals surface area contributed by atoms with E-state index in [0.717, 1.165) is 5.69 Å². The van der Waals surface area contributed by atoms with Crippen LogP contribution in [0.1, 0.15) is 16.6 Å². The number of hydrogen-bond donors (Lipinski definition) is 0. The molecule has 1 fully saturated rings. The Labute approximate surface area is 131 Å². The van der Waals surface area contributed by atoms with E-state index in [9.17, 15) is 9.18 Å². The van der Waals surface area contributed by atoms with Gasteiger partial charge in [0.25, 0.3) is 0 Å². The molecule has 0 N–H and O–H groups in total. The van der Waals surface area contributed by atoms with E-state index in [4.69, 9.17) is 4.74 Å². The third kappa shape index (κ3) is 2.52. The predicted octanol–water partition coefficient (Wildman–Crippen LogP) is 2.71. The fourth-order valence-electron chi connectivity index (χ4n) is 2.34. The summed E-state index contributed by atoms with van der Waals surface area (Å²) in [5.41, 5.74) is 1.08. The van der Waals surface area contributed by atoms with Crippen LogP contribution in [0.5, 0.6) is 5.75 Å². The number of amides is 1. The largest absolute Gasteiger partial charge is 0.496 e. The van der Waals surface area contributed by atoms with E-state index in [-0.39, 0.29) is 17.6 Å². The molecule has 1 aliphatic rings. The second kappa shape index (κ2) is 5.92. The van der Waals surface area contributed by atoms with Crippen molar-refractivity contribution in [2.75, 3.05) is 17.8 Å². The number of aryl methyl sites for hydroxylation is 1. The lowest BCUT2D eigenvalue weighted by atomic mass is 10.1. The maximum absolute atomic E-state index is 14.3. The van der Waals surface area contributed by atoms with Gasteiger partial charge in [-0.1, -0.05) is 6.07 Å². The lowest BCUT2D eigenvalue weighted by Crippen LogP contribution is -2.30. The molecule has 0 radical (unpaired) electrons. The van der Waals surface area contributed by atoms with Gasteiger partial charge >= 0.3 is 0 Å². The Balaban J connectivity index is 2.09. The maximum Gasteiger partial charge on any atom is 0.240 e. The predicted molar refractivity (Wildman–Crippen MR) is 82.4 cm³/mol.